The molecule has 0 aliphatic heterocycles. The molecule has 1 amide bonds. The molecule has 2 aromatic carbocycles. The predicted molar refractivity (Wildman–Crippen MR) is 125 cm³/mol. The second-order valence-corrected chi connectivity index (χ2v) is 7.07. The van der Waals surface area contributed by atoms with Gasteiger partial charge in [0.2, 0.25) is 5.95 Å². The molecule has 0 spiro atoms. The Kier molecular flexibility index (Phi) is 7.67. The first kappa shape index (κ1) is 22.4. The van der Waals surface area contributed by atoms with Gasteiger partial charge >= 0.3 is 0 Å². The number of anilines is 1. The molecule has 3 rings (SSSR count). The summed E-state index contributed by atoms with van der Waals surface area (Å²) in [6.07, 6.45) is 3.21. The zero-order chi connectivity index (χ0) is 22.2. The standard InChI is InChI=1S/C24H30N4O3/c1-5-27(6-2)13-14-28-22-10-8-7-9-21(22)25-24(28)26-23(29)12-11-18-15-19(30-3)17-20(16-18)31-4/h7-12,15-17H,5-6,13-14H2,1-4H3,(H,25,26,29)/b12-11+. The summed E-state index contributed by atoms with van der Waals surface area (Å²) in [6, 6.07) is 13.4. The number of rotatable bonds is 10. The second-order valence-electron chi connectivity index (χ2n) is 7.07. The molecule has 0 radical (unpaired) electrons. The van der Waals surface area contributed by atoms with Crippen LogP contribution in [-0.4, -0.2) is 54.2 Å². The Morgan fingerprint density at radius 3 is 2.42 bits per heavy atom. The number of likely N-dealkylation sites (N-methyl/N-ethyl adjacent to an activating group) is 1. The number of carbonyl (C=O) groups excluding carboxylic acids is 1. The van der Waals surface area contributed by atoms with E-state index in [1.54, 1.807) is 26.4 Å². The maximum Gasteiger partial charge on any atom is 0.250 e. The summed E-state index contributed by atoms with van der Waals surface area (Å²) in [6.45, 7) is 7.90. The molecule has 0 saturated heterocycles. The molecule has 1 aromatic heterocycles. The molecule has 1 N–H and O–H groups in total. The number of aromatic nitrogens is 2. The van der Waals surface area contributed by atoms with Crippen molar-refractivity contribution in [1.29, 1.82) is 0 Å². The highest BCUT2D eigenvalue weighted by Crippen LogP contribution is 2.23. The first-order valence-corrected chi connectivity index (χ1v) is 10.5. The predicted octanol–water partition coefficient (Wildman–Crippen LogP) is 4.05. The van der Waals surface area contributed by atoms with E-state index in [1.165, 1.54) is 6.08 Å². The Balaban J connectivity index is 1.80. The van der Waals surface area contributed by atoms with E-state index in [0.29, 0.717) is 17.4 Å². The molecule has 0 aliphatic carbocycles. The van der Waals surface area contributed by atoms with Crippen LogP contribution in [0.4, 0.5) is 5.95 Å². The minimum Gasteiger partial charge on any atom is -0.497 e. The first-order chi connectivity index (χ1) is 15.1. The number of benzene rings is 2. The van der Waals surface area contributed by atoms with Gasteiger partial charge in [0.25, 0.3) is 5.91 Å². The lowest BCUT2D eigenvalue weighted by atomic mass is 10.2. The number of hydrogen-bond acceptors (Lipinski definition) is 5. The van der Waals surface area contributed by atoms with Crippen LogP contribution in [-0.2, 0) is 11.3 Å². The Bertz CT molecular complexity index is 1030. The summed E-state index contributed by atoms with van der Waals surface area (Å²) in [5.41, 5.74) is 2.67. The van der Waals surface area contributed by atoms with Gasteiger partial charge in [-0.15, -0.1) is 0 Å². The highest BCUT2D eigenvalue weighted by atomic mass is 16.5. The Hall–Kier alpha value is -3.32. The minimum atomic E-state index is -0.249. The minimum absolute atomic E-state index is 0.249. The number of carbonyl (C=O) groups is 1. The Labute approximate surface area is 183 Å². The largest absolute Gasteiger partial charge is 0.497 e. The van der Waals surface area contributed by atoms with E-state index in [1.807, 2.05) is 36.4 Å². The van der Waals surface area contributed by atoms with Crippen LogP contribution >= 0.6 is 0 Å². The lowest BCUT2D eigenvalue weighted by molar-refractivity contribution is -0.111. The fourth-order valence-corrected chi connectivity index (χ4v) is 3.43. The zero-order valence-electron chi connectivity index (χ0n) is 18.6. The Morgan fingerprint density at radius 1 is 1.10 bits per heavy atom. The number of methoxy groups -OCH3 is 2. The summed E-state index contributed by atoms with van der Waals surface area (Å²) < 4.78 is 12.6. The first-order valence-electron chi connectivity index (χ1n) is 10.5. The lowest BCUT2D eigenvalue weighted by Gasteiger charge is -2.19. The lowest BCUT2D eigenvalue weighted by Crippen LogP contribution is -2.27. The Morgan fingerprint density at radius 2 is 1.77 bits per heavy atom. The molecule has 7 nitrogen and oxygen atoms in total. The van der Waals surface area contributed by atoms with Crippen molar-refractivity contribution < 1.29 is 14.3 Å². The van der Waals surface area contributed by atoms with Crippen molar-refractivity contribution in [2.24, 2.45) is 0 Å². The van der Waals surface area contributed by atoms with Crippen LogP contribution in [0.2, 0.25) is 0 Å². The third kappa shape index (κ3) is 5.64. The quantitative estimate of drug-likeness (QED) is 0.499. The molecule has 1 heterocycles. The molecular formula is C24H30N4O3. The van der Waals surface area contributed by atoms with Crippen molar-refractivity contribution >= 4 is 29.0 Å². The molecule has 164 valence electrons. The van der Waals surface area contributed by atoms with Gasteiger partial charge in [0.05, 0.1) is 25.3 Å². The third-order valence-electron chi connectivity index (χ3n) is 5.22. The zero-order valence-corrected chi connectivity index (χ0v) is 18.6. The van der Waals surface area contributed by atoms with Crippen LogP contribution in [0.1, 0.15) is 19.4 Å². The van der Waals surface area contributed by atoms with Gasteiger partial charge in [0, 0.05) is 25.2 Å². The molecule has 3 aromatic rings. The number of para-hydroxylation sites is 2. The highest BCUT2D eigenvalue weighted by Gasteiger charge is 2.13. The molecule has 0 aliphatic rings. The van der Waals surface area contributed by atoms with Crippen LogP contribution < -0.4 is 14.8 Å². The summed E-state index contributed by atoms with van der Waals surface area (Å²) in [5, 5.41) is 2.93. The molecule has 0 bridgehead atoms. The molecule has 0 atom stereocenters. The summed E-state index contributed by atoms with van der Waals surface area (Å²) >= 11 is 0. The topological polar surface area (TPSA) is 68.6 Å². The molecule has 31 heavy (non-hydrogen) atoms. The monoisotopic (exact) mass is 422 g/mol. The molecule has 7 heteroatoms. The van der Waals surface area contributed by atoms with Crippen LogP contribution in [0.5, 0.6) is 11.5 Å². The number of hydrogen-bond donors (Lipinski definition) is 1. The van der Waals surface area contributed by atoms with Crippen LogP contribution in [0, 0.1) is 0 Å². The van der Waals surface area contributed by atoms with Gasteiger partial charge in [0.15, 0.2) is 0 Å². The van der Waals surface area contributed by atoms with Crippen molar-refractivity contribution in [3.8, 4) is 11.5 Å². The second kappa shape index (κ2) is 10.6. The van der Waals surface area contributed by atoms with Gasteiger partial charge in [0.1, 0.15) is 11.5 Å². The summed E-state index contributed by atoms with van der Waals surface area (Å²) in [4.78, 5) is 19.6. The van der Waals surface area contributed by atoms with E-state index in [0.717, 1.165) is 42.8 Å². The van der Waals surface area contributed by atoms with Gasteiger partial charge in [-0.05, 0) is 49.0 Å². The van der Waals surface area contributed by atoms with Crippen molar-refractivity contribution in [3.05, 3.63) is 54.1 Å². The van der Waals surface area contributed by atoms with E-state index in [4.69, 9.17) is 9.47 Å². The summed E-state index contributed by atoms with van der Waals surface area (Å²) in [5.74, 6) is 1.63. The van der Waals surface area contributed by atoms with Crippen LogP contribution in [0.25, 0.3) is 17.1 Å². The van der Waals surface area contributed by atoms with Gasteiger partial charge in [-0.2, -0.15) is 0 Å². The van der Waals surface area contributed by atoms with Gasteiger partial charge in [-0.1, -0.05) is 26.0 Å². The fraction of sp³-hybridized carbons (Fsp3) is 0.333. The van der Waals surface area contributed by atoms with Gasteiger partial charge < -0.3 is 18.9 Å². The van der Waals surface area contributed by atoms with Crippen LogP contribution in [0.3, 0.4) is 0 Å². The number of nitrogens with one attached hydrogen (secondary N) is 1. The molecule has 0 fully saturated rings. The van der Waals surface area contributed by atoms with E-state index in [9.17, 15) is 4.79 Å². The van der Waals surface area contributed by atoms with E-state index in [2.05, 4.69) is 33.6 Å². The smallest absolute Gasteiger partial charge is 0.250 e. The van der Waals surface area contributed by atoms with Crippen molar-refractivity contribution in [2.75, 3.05) is 39.2 Å². The molecule has 0 unspecified atom stereocenters. The fourth-order valence-electron chi connectivity index (χ4n) is 3.43. The number of nitrogens with zero attached hydrogens (tertiary/aromatic N) is 3. The van der Waals surface area contributed by atoms with E-state index < -0.39 is 0 Å². The number of fused-ring (bicyclic) bond motifs is 1. The van der Waals surface area contributed by atoms with E-state index in [-0.39, 0.29) is 5.91 Å². The van der Waals surface area contributed by atoms with Crippen LogP contribution in [0.15, 0.2) is 48.5 Å². The normalized spacial score (nSPS) is 11.4. The third-order valence-corrected chi connectivity index (χ3v) is 5.22. The van der Waals surface area contributed by atoms with Gasteiger partial charge in [-0.25, -0.2) is 4.98 Å². The number of ether oxygens (including phenoxy) is 2. The molecule has 0 saturated carbocycles. The maximum absolute atomic E-state index is 12.7. The van der Waals surface area contributed by atoms with Crippen molar-refractivity contribution in [2.45, 2.75) is 20.4 Å². The van der Waals surface area contributed by atoms with Gasteiger partial charge in [-0.3, -0.25) is 10.1 Å². The summed E-state index contributed by atoms with van der Waals surface area (Å²) in [7, 11) is 3.19. The maximum atomic E-state index is 12.7. The van der Waals surface area contributed by atoms with Crippen molar-refractivity contribution in [3.63, 3.8) is 0 Å². The number of imidazole rings is 1. The molecular weight excluding hydrogens is 392 g/mol. The average Bonchev–Trinajstić information content (AvgIpc) is 3.15. The average molecular weight is 423 g/mol. The SMILES string of the molecule is CCN(CC)CCn1c(NC(=O)/C=C/c2cc(OC)cc(OC)c2)nc2ccccc21. The number of amides is 1. The van der Waals surface area contributed by atoms with E-state index >= 15 is 0 Å². The van der Waals surface area contributed by atoms with Crippen molar-refractivity contribution in [1.82, 2.24) is 14.5 Å². The highest BCUT2D eigenvalue weighted by molar-refractivity contribution is 6.01.